The number of halogens is 4. The minimum absolute atomic E-state index is 0.0693. The molecule has 0 amide bonds. The first-order chi connectivity index (χ1) is 8.34. The van der Waals surface area contributed by atoms with Crippen molar-refractivity contribution in [3.63, 3.8) is 0 Å². The lowest BCUT2D eigenvalue weighted by molar-refractivity contribution is -0.132. The molecule has 0 radical (unpaired) electrons. The van der Waals surface area contributed by atoms with Gasteiger partial charge in [0.2, 0.25) is 0 Å². The molecule has 0 aliphatic heterocycles. The Morgan fingerprint density at radius 1 is 1.28 bits per heavy atom. The predicted molar refractivity (Wildman–Crippen MR) is 56.2 cm³/mol. The highest BCUT2D eigenvalue weighted by molar-refractivity contribution is 5.85. The highest BCUT2D eigenvalue weighted by Crippen LogP contribution is 2.23. The lowest BCUT2D eigenvalue weighted by Gasteiger charge is -2.08. The number of anilines is 1. The predicted octanol–water partition coefficient (Wildman–Crippen LogP) is 2.69. The van der Waals surface area contributed by atoms with E-state index in [1.54, 1.807) is 0 Å². The van der Waals surface area contributed by atoms with Gasteiger partial charge in [0.1, 0.15) is 5.69 Å². The van der Waals surface area contributed by atoms with Gasteiger partial charge in [-0.05, 0) is 6.92 Å². The van der Waals surface area contributed by atoms with Crippen LogP contribution in [-0.2, 0) is 4.79 Å². The van der Waals surface area contributed by atoms with Gasteiger partial charge in [0.05, 0.1) is 0 Å². The van der Waals surface area contributed by atoms with Crippen LogP contribution in [0.15, 0.2) is 17.7 Å². The molecule has 1 aromatic carbocycles. The maximum absolute atomic E-state index is 13.1. The Kier molecular flexibility index (Phi) is 4.30. The van der Waals surface area contributed by atoms with Crippen molar-refractivity contribution in [1.82, 2.24) is 0 Å². The number of hydrogen-bond donors (Lipinski definition) is 2. The molecule has 0 saturated carbocycles. The van der Waals surface area contributed by atoms with Crippen LogP contribution in [0.4, 0.5) is 23.2 Å². The van der Waals surface area contributed by atoms with Crippen LogP contribution in [0.1, 0.15) is 6.92 Å². The number of nitrogens with one attached hydrogen (secondary N) is 1. The minimum Gasteiger partial charge on any atom is -0.478 e. The number of aliphatic carboxylic acids is 1. The summed E-state index contributed by atoms with van der Waals surface area (Å²) in [5.74, 6) is -7.39. The molecule has 0 aromatic heterocycles. The first kappa shape index (κ1) is 14.0. The molecule has 3 nitrogen and oxygen atoms in total. The molecule has 0 aliphatic rings. The second kappa shape index (κ2) is 5.52. The Bertz CT molecular complexity index is 488. The standard InChI is InChI=1S/C11H9F4NO2/c1-5(11(17)18)2-3-16-10-8(14)6(12)4-7(13)9(10)15/h2,4,16H,3H2,1H3,(H,17,18)/b5-2-. The molecule has 98 valence electrons. The summed E-state index contributed by atoms with van der Waals surface area (Å²) in [5, 5.41) is 10.6. The molecule has 1 rings (SSSR count). The Labute approximate surface area is 99.7 Å². The second-order valence-corrected chi connectivity index (χ2v) is 3.42. The normalized spacial score (nSPS) is 11.5. The van der Waals surface area contributed by atoms with E-state index in [1.807, 2.05) is 0 Å². The summed E-state index contributed by atoms with van der Waals surface area (Å²) >= 11 is 0. The van der Waals surface area contributed by atoms with Crippen LogP contribution in [0.25, 0.3) is 0 Å². The van der Waals surface area contributed by atoms with Crippen molar-refractivity contribution in [1.29, 1.82) is 0 Å². The van der Waals surface area contributed by atoms with Crippen molar-refractivity contribution < 1.29 is 27.5 Å². The quantitative estimate of drug-likeness (QED) is 0.499. The fraction of sp³-hybridized carbons (Fsp3) is 0.182. The maximum Gasteiger partial charge on any atom is 0.331 e. The Balaban J connectivity index is 2.92. The third-order valence-corrected chi connectivity index (χ3v) is 2.14. The highest BCUT2D eigenvalue weighted by Gasteiger charge is 2.18. The van der Waals surface area contributed by atoms with Gasteiger partial charge in [-0.1, -0.05) is 6.08 Å². The van der Waals surface area contributed by atoms with Gasteiger partial charge >= 0.3 is 5.97 Å². The van der Waals surface area contributed by atoms with E-state index in [0.29, 0.717) is 0 Å². The summed E-state index contributed by atoms with van der Waals surface area (Å²) in [7, 11) is 0. The van der Waals surface area contributed by atoms with Crippen LogP contribution in [0, 0.1) is 23.3 Å². The third kappa shape index (κ3) is 2.99. The summed E-state index contributed by atoms with van der Waals surface area (Å²) in [5.41, 5.74) is -1.04. The van der Waals surface area contributed by atoms with Crippen molar-refractivity contribution in [2.75, 3.05) is 11.9 Å². The largest absolute Gasteiger partial charge is 0.478 e. The average Bonchev–Trinajstić information content (AvgIpc) is 2.30. The van der Waals surface area contributed by atoms with Crippen molar-refractivity contribution in [2.24, 2.45) is 0 Å². The topological polar surface area (TPSA) is 49.3 Å². The van der Waals surface area contributed by atoms with Gasteiger partial charge in [-0.2, -0.15) is 0 Å². The van der Waals surface area contributed by atoms with Crippen LogP contribution in [0.5, 0.6) is 0 Å². The lowest BCUT2D eigenvalue weighted by Crippen LogP contribution is -2.08. The Morgan fingerprint density at radius 3 is 2.22 bits per heavy atom. The van der Waals surface area contributed by atoms with Gasteiger partial charge in [0.15, 0.2) is 23.3 Å². The number of rotatable bonds is 4. The molecular formula is C11H9F4NO2. The van der Waals surface area contributed by atoms with E-state index in [2.05, 4.69) is 5.32 Å². The van der Waals surface area contributed by atoms with Gasteiger partial charge in [-0.3, -0.25) is 0 Å². The lowest BCUT2D eigenvalue weighted by atomic mass is 10.2. The molecule has 0 spiro atoms. The van der Waals surface area contributed by atoms with Crippen LogP contribution >= 0.6 is 0 Å². The Hall–Kier alpha value is -2.05. The molecule has 0 heterocycles. The summed E-state index contributed by atoms with van der Waals surface area (Å²) < 4.78 is 51.9. The monoisotopic (exact) mass is 263 g/mol. The van der Waals surface area contributed by atoms with Crippen molar-refractivity contribution in [2.45, 2.75) is 6.92 Å². The number of carbonyl (C=O) groups is 1. The van der Waals surface area contributed by atoms with E-state index in [4.69, 9.17) is 5.11 Å². The van der Waals surface area contributed by atoms with Crippen molar-refractivity contribution in [3.05, 3.63) is 41.0 Å². The molecule has 7 heteroatoms. The van der Waals surface area contributed by atoms with Crippen LogP contribution in [-0.4, -0.2) is 17.6 Å². The minimum atomic E-state index is -1.56. The fourth-order valence-corrected chi connectivity index (χ4v) is 1.12. The van der Waals surface area contributed by atoms with E-state index >= 15 is 0 Å². The molecule has 0 bridgehead atoms. The molecule has 0 unspecified atom stereocenters. The van der Waals surface area contributed by atoms with E-state index < -0.39 is 34.9 Å². The van der Waals surface area contributed by atoms with Crippen LogP contribution in [0.2, 0.25) is 0 Å². The molecule has 2 N–H and O–H groups in total. The summed E-state index contributed by atoms with van der Waals surface area (Å²) in [6.07, 6.45) is 1.12. The Morgan fingerprint density at radius 2 is 1.78 bits per heavy atom. The summed E-state index contributed by atoms with van der Waals surface area (Å²) in [6, 6.07) is 0.0915. The molecule has 0 fully saturated rings. The van der Waals surface area contributed by atoms with Gasteiger partial charge in [0, 0.05) is 18.2 Å². The summed E-state index contributed by atoms with van der Waals surface area (Å²) in [4.78, 5) is 10.4. The van der Waals surface area contributed by atoms with Crippen LogP contribution in [0.3, 0.4) is 0 Å². The number of carboxylic acid groups (broad SMARTS) is 1. The van der Waals surface area contributed by atoms with Crippen LogP contribution < -0.4 is 5.32 Å². The van der Waals surface area contributed by atoms with E-state index in [-0.39, 0.29) is 18.2 Å². The fourth-order valence-electron chi connectivity index (χ4n) is 1.12. The van der Waals surface area contributed by atoms with Gasteiger partial charge < -0.3 is 10.4 Å². The van der Waals surface area contributed by atoms with Gasteiger partial charge in [-0.15, -0.1) is 0 Å². The molecule has 0 aliphatic carbocycles. The van der Waals surface area contributed by atoms with Gasteiger partial charge in [-0.25, -0.2) is 22.4 Å². The highest BCUT2D eigenvalue weighted by atomic mass is 19.2. The summed E-state index contributed by atoms with van der Waals surface area (Å²) in [6.45, 7) is 0.984. The zero-order valence-corrected chi connectivity index (χ0v) is 9.23. The smallest absolute Gasteiger partial charge is 0.331 e. The van der Waals surface area contributed by atoms with Crippen molar-refractivity contribution in [3.8, 4) is 0 Å². The SMILES string of the molecule is C/C(=C/CNc1c(F)c(F)cc(F)c1F)C(=O)O. The van der Waals surface area contributed by atoms with E-state index in [0.717, 1.165) is 6.08 Å². The molecule has 0 saturated heterocycles. The first-order valence-electron chi connectivity index (χ1n) is 4.81. The number of carboxylic acids is 1. The molecule has 0 atom stereocenters. The zero-order valence-electron chi connectivity index (χ0n) is 9.23. The third-order valence-electron chi connectivity index (χ3n) is 2.14. The number of hydrogen-bond acceptors (Lipinski definition) is 2. The maximum atomic E-state index is 13.1. The van der Waals surface area contributed by atoms with Crippen molar-refractivity contribution >= 4 is 11.7 Å². The van der Waals surface area contributed by atoms with E-state index in [9.17, 15) is 22.4 Å². The zero-order chi connectivity index (χ0) is 13.9. The molecular weight excluding hydrogens is 254 g/mol. The molecule has 1 aromatic rings. The van der Waals surface area contributed by atoms with E-state index in [1.165, 1.54) is 6.92 Å². The number of benzene rings is 1. The van der Waals surface area contributed by atoms with Gasteiger partial charge in [0.25, 0.3) is 0 Å². The molecule has 18 heavy (non-hydrogen) atoms. The average molecular weight is 263 g/mol. The first-order valence-corrected chi connectivity index (χ1v) is 4.81. The second-order valence-electron chi connectivity index (χ2n) is 3.42.